The number of phenolic OH excluding ortho intramolecular Hbond substituents is 1. The molecule has 0 spiro atoms. The number of benzene rings is 2. The largest absolute Gasteiger partial charge is 0.508 e. The first-order valence-electron chi connectivity index (χ1n) is 20.2. The van der Waals surface area contributed by atoms with Gasteiger partial charge in [-0.25, -0.2) is 9.59 Å². The number of phenols is 1. The van der Waals surface area contributed by atoms with Gasteiger partial charge in [-0.05, 0) is 93.6 Å². The number of aliphatic carboxylic acids is 1. The summed E-state index contributed by atoms with van der Waals surface area (Å²) in [4.78, 5) is 99.8. The van der Waals surface area contributed by atoms with E-state index in [9.17, 15) is 43.8 Å². The first-order valence-corrected chi connectivity index (χ1v) is 21.6. The van der Waals surface area contributed by atoms with E-state index in [-0.39, 0.29) is 63.3 Å². The number of guanidine groups is 1. The number of nitrogens with zero attached hydrogens (tertiary/aromatic N) is 2. The van der Waals surface area contributed by atoms with Crippen LogP contribution in [-0.4, -0.2) is 131 Å². The number of aliphatic imine (C=N–C) groups is 1. The van der Waals surface area contributed by atoms with Crippen molar-refractivity contribution in [1.29, 1.82) is 0 Å². The normalized spacial score (nSPS) is 21.5. The standard InChI is InChI=1S/C41H60N10O9S/c1-25-34(53)48-33(24-27-10-5-4-6-11-27)35(54)44-21-8-7-12-29(49-41(60)50-32(39(58)59)13-9-22-45-40(42)43)36(55)46-30(20-23-61-3)37(56)47-31(38(57)51(25)2)19-16-26-14-17-28(52)18-15-26/h4-6,10-11,14-15,17-18,25,29-33,52H,7-9,12-13,16,19-24H2,1-3H3,(H,44,54)(H,46,55)(H,47,56)(H,48,53)(H,58,59)(H4,42,43,45)(H2,49,50,60)/t25-,29+,30-,31-,32-,33-/m0/s1. The maximum atomic E-state index is 14.2. The van der Waals surface area contributed by atoms with Gasteiger partial charge in [-0.15, -0.1) is 0 Å². The van der Waals surface area contributed by atoms with Crippen molar-refractivity contribution in [2.75, 3.05) is 32.1 Å². The minimum Gasteiger partial charge on any atom is -0.508 e. The molecule has 19 nitrogen and oxygen atoms in total. The number of urea groups is 1. The first kappa shape index (κ1) is 49.3. The van der Waals surface area contributed by atoms with Gasteiger partial charge < -0.3 is 58.5 Å². The highest BCUT2D eigenvalue weighted by Crippen LogP contribution is 2.15. The maximum Gasteiger partial charge on any atom is 0.326 e. The fourth-order valence-corrected chi connectivity index (χ4v) is 6.91. The lowest BCUT2D eigenvalue weighted by molar-refractivity contribution is -0.142. The second-order valence-electron chi connectivity index (χ2n) is 14.8. The second-order valence-corrected chi connectivity index (χ2v) is 15.8. The van der Waals surface area contributed by atoms with Crippen molar-refractivity contribution in [3.8, 4) is 5.75 Å². The Balaban J connectivity index is 1.96. The van der Waals surface area contributed by atoms with Gasteiger partial charge in [-0.1, -0.05) is 42.5 Å². The third-order valence-electron chi connectivity index (χ3n) is 10.1. The molecule has 2 aromatic carbocycles. The molecule has 20 heteroatoms. The number of rotatable bonds is 15. The van der Waals surface area contributed by atoms with Gasteiger partial charge in [0.05, 0.1) is 0 Å². The molecule has 3 rings (SSSR count). The highest BCUT2D eigenvalue weighted by Gasteiger charge is 2.34. The van der Waals surface area contributed by atoms with Gasteiger partial charge in [-0.3, -0.25) is 29.0 Å². The Labute approximate surface area is 360 Å². The Kier molecular flexibility index (Phi) is 20.7. The van der Waals surface area contributed by atoms with E-state index < -0.39 is 77.8 Å². The van der Waals surface area contributed by atoms with Crippen molar-refractivity contribution >= 4 is 59.3 Å². The van der Waals surface area contributed by atoms with Crippen LogP contribution in [0.25, 0.3) is 0 Å². The molecule has 1 fully saturated rings. The van der Waals surface area contributed by atoms with Gasteiger partial charge in [0.1, 0.15) is 42.0 Å². The van der Waals surface area contributed by atoms with Gasteiger partial charge in [-0.2, -0.15) is 11.8 Å². The molecular weight excluding hydrogens is 809 g/mol. The summed E-state index contributed by atoms with van der Waals surface area (Å²) in [5, 5.41) is 35.7. The fraction of sp³-hybridized carbons (Fsp3) is 0.512. The number of nitrogens with two attached hydrogens (primary N) is 2. The molecule has 2 aromatic rings. The molecule has 1 aliphatic heterocycles. The van der Waals surface area contributed by atoms with Gasteiger partial charge in [0.15, 0.2) is 5.96 Å². The predicted molar refractivity (Wildman–Crippen MR) is 231 cm³/mol. The predicted octanol–water partition coefficient (Wildman–Crippen LogP) is 0.0966. The van der Waals surface area contributed by atoms with Crippen LogP contribution in [0.1, 0.15) is 63.0 Å². The Morgan fingerprint density at radius 1 is 0.885 bits per heavy atom. The zero-order valence-corrected chi connectivity index (χ0v) is 35.7. The molecule has 0 bridgehead atoms. The van der Waals surface area contributed by atoms with Crippen LogP contribution < -0.4 is 43.4 Å². The highest BCUT2D eigenvalue weighted by atomic mass is 32.2. The van der Waals surface area contributed by atoms with E-state index in [4.69, 9.17) is 11.5 Å². The molecule has 334 valence electrons. The zero-order valence-electron chi connectivity index (χ0n) is 34.9. The van der Waals surface area contributed by atoms with Crippen molar-refractivity contribution in [2.45, 2.75) is 101 Å². The monoisotopic (exact) mass is 868 g/mol. The number of hydrogen-bond donors (Lipinski definition) is 10. The summed E-state index contributed by atoms with van der Waals surface area (Å²) in [6.07, 6.45) is 3.40. The molecule has 0 saturated carbocycles. The van der Waals surface area contributed by atoms with Crippen molar-refractivity contribution in [1.82, 2.24) is 36.8 Å². The number of hydrogen-bond acceptors (Lipinski definition) is 10. The van der Waals surface area contributed by atoms with Crippen molar-refractivity contribution in [3.05, 3.63) is 65.7 Å². The molecule has 0 radical (unpaired) electrons. The molecule has 12 N–H and O–H groups in total. The average molecular weight is 869 g/mol. The number of aryl methyl sites for hydroxylation is 1. The smallest absolute Gasteiger partial charge is 0.326 e. The molecule has 0 unspecified atom stereocenters. The third-order valence-corrected chi connectivity index (χ3v) is 10.8. The number of carbonyl (C=O) groups is 7. The second kappa shape index (κ2) is 25.5. The SMILES string of the molecule is CSCC[C@@H]1NC(=O)[C@H](NC(=O)N[C@@H](CCCN=C(N)N)C(=O)O)CCCCNC(=O)[C@H](Cc2ccccc2)NC(=O)[C@H](C)N(C)C(=O)[C@H](CCc2ccc(O)cc2)NC1=O. The van der Waals surface area contributed by atoms with Crippen LogP contribution in [0.15, 0.2) is 59.6 Å². The molecule has 61 heavy (non-hydrogen) atoms. The topological polar surface area (TPSA) is 300 Å². The summed E-state index contributed by atoms with van der Waals surface area (Å²) >= 11 is 1.42. The summed E-state index contributed by atoms with van der Waals surface area (Å²) in [6, 6.07) is 7.48. The lowest BCUT2D eigenvalue weighted by atomic mass is 10.0. The van der Waals surface area contributed by atoms with Crippen LogP contribution in [-0.2, 0) is 41.6 Å². The molecule has 1 heterocycles. The number of nitrogens with one attached hydrogen (secondary N) is 6. The van der Waals surface area contributed by atoms with Crippen LogP contribution in [0, 0.1) is 0 Å². The maximum absolute atomic E-state index is 14.2. The number of amides is 7. The quantitative estimate of drug-likeness (QED) is 0.0648. The van der Waals surface area contributed by atoms with Crippen molar-refractivity contribution in [2.24, 2.45) is 16.5 Å². The van der Waals surface area contributed by atoms with Gasteiger partial charge in [0.2, 0.25) is 29.5 Å². The van der Waals surface area contributed by atoms with Crippen LogP contribution in [0.2, 0.25) is 0 Å². The number of likely N-dealkylation sites (N-methyl/N-ethyl adjacent to an activating group) is 1. The number of carboxylic acids is 1. The summed E-state index contributed by atoms with van der Waals surface area (Å²) in [6.45, 7) is 1.80. The van der Waals surface area contributed by atoms with Crippen LogP contribution in [0.5, 0.6) is 5.75 Å². The van der Waals surface area contributed by atoms with E-state index >= 15 is 0 Å². The lowest BCUT2D eigenvalue weighted by Gasteiger charge is -2.31. The van der Waals surface area contributed by atoms with E-state index in [0.29, 0.717) is 25.0 Å². The lowest BCUT2D eigenvalue weighted by Crippen LogP contribution is -2.59. The molecule has 0 aromatic heterocycles. The van der Waals surface area contributed by atoms with E-state index in [1.54, 1.807) is 12.1 Å². The van der Waals surface area contributed by atoms with E-state index in [1.165, 1.54) is 42.8 Å². The van der Waals surface area contributed by atoms with Crippen LogP contribution in [0.4, 0.5) is 4.79 Å². The summed E-state index contributed by atoms with van der Waals surface area (Å²) in [5.41, 5.74) is 12.2. The first-order chi connectivity index (χ1) is 29.1. The highest BCUT2D eigenvalue weighted by molar-refractivity contribution is 7.98. The van der Waals surface area contributed by atoms with Gasteiger partial charge in [0, 0.05) is 26.6 Å². The average Bonchev–Trinajstić information content (AvgIpc) is 3.23. The van der Waals surface area contributed by atoms with Gasteiger partial charge >= 0.3 is 12.0 Å². The summed E-state index contributed by atoms with van der Waals surface area (Å²) in [7, 11) is 1.42. The summed E-state index contributed by atoms with van der Waals surface area (Å²) < 4.78 is 0. The van der Waals surface area contributed by atoms with Gasteiger partial charge in [0.25, 0.3) is 0 Å². The Morgan fingerprint density at radius 3 is 2.21 bits per heavy atom. The Hall–Kier alpha value is -6.05. The minimum atomic E-state index is -1.34. The Morgan fingerprint density at radius 2 is 1.56 bits per heavy atom. The zero-order chi connectivity index (χ0) is 44.9. The minimum absolute atomic E-state index is 0.0145. The number of carboxylic acid groups (broad SMARTS) is 1. The fourth-order valence-electron chi connectivity index (χ4n) is 6.44. The van der Waals surface area contributed by atoms with E-state index in [0.717, 1.165) is 11.1 Å². The number of thioether (sulfide) groups is 1. The number of aromatic hydroxyl groups is 1. The van der Waals surface area contributed by atoms with Crippen LogP contribution in [0.3, 0.4) is 0 Å². The molecule has 0 aliphatic carbocycles. The molecule has 6 atom stereocenters. The van der Waals surface area contributed by atoms with E-state index in [2.05, 4.69) is 36.9 Å². The van der Waals surface area contributed by atoms with Crippen LogP contribution >= 0.6 is 11.8 Å². The third kappa shape index (κ3) is 17.2. The molecular formula is C41H60N10O9S. The summed E-state index contributed by atoms with van der Waals surface area (Å²) in [5.74, 6) is -4.06. The van der Waals surface area contributed by atoms with E-state index in [1.807, 2.05) is 36.6 Å². The molecule has 1 aliphatic rings. The Bertz CT molecular complexity index is 1810. The van der Waals surface area contributed by atoms with Crippen molar-refractivity contribution in [3.63, 3.8) is 0 Å². The molecule has 1 saturated heterocycles. The van der Waals surface area contributed by atoms with Crippen molar-refractivity contribution < 1.29 is 43.8 Å². The molecule has 7 amide bonds. The number of carbonyl (C=O) groups excluding carboxylic acids is 6.